The summed E-state index contributed by atoms with van der Waals surface area (Å²) >= 11 is 0. The van der Waals surface area contributed by atoms with Crippen LogP contribution in [0.5, 0.6) is 23.0 Å². The molecule has 6 heteroatoms. The second kappa shape index (κ2) is 15.7. The molecule has 0 fully saturated rings. The molecule has 0 atom stereocenters. The highest BCUT2D eigenvalue weighted by Crippen LogP contribution is 2.56. The van der Waals surface area contributed by atoms with E-state index in [1.165, 1.54) is 22.3 Å². The van der Waals surface area contributed by atoms with Crippen LogP contribution in [0.2, 0.25) is 0 Å². The molecule has 0 N–H and O–H groups in total. The first-order chi connectivity index (χ1) is 28.9. The fraction of sp³-hybridized carbons (Fsp3) is 0.0566. The molecule has 8 aromatic carbocycles. The van der Waals surface area contributed by atoms with Crippen LogP contribution in [0.3, 0.4) is 0 Å². The molecule has 0 radical (unpaired) electrons. The van der Waals surface area contributed by atoms with Gasteiger partial charge in [-0.05, 0) is 127 Å². The van der Waals surface area contributed by atoms with Gasteiger partial charge in [-0.1, -0.05) is 122 Å². The largest absolute Gasteiger partial charge is 0.458 e. The SMILES string of the molecule is C=CC(=O)OCc1cccc(Oc2ccc3cc(C4(c5ccc6cc(Oc7cccc(COC(=O)C=C)c7)ccc6c5)c5ccccc5-c5ccccc54)ccc3c2)c1. The number of benzene rings is 8. The van der Waals surface area contributed by atoms with Crippen molar-refractivity contribution in [3.63, 3.8) is 0 Å². The molecule has 0 spiro atoms. The highest BCUT2D eigenvalue weighted by atomic mass is 16.5. The molecule has 0 aromatic heterocycles. The molecule has 0 unspecified atom stereocenters. The Morgan fingerprint density at radius 3 is 1.31 bits per heavy atom. The summed E-state index contributed by atoms with van der Waals surface area (Å²) in [6.45, 7) is 7.19. The highest BCUT2D eigenvalue weighted by Gasteiger charge is 2.46. The predicted octanol–water partition coefficient (Wildman–Crippen LogP) is 12.4. The molecule has 59 heavy (non-hydrogen) atoms. The molecule has 0 saturated carbocycles. The summed E-state index contributed by atoms with van der Waals surface area (Å²) in [6, 6.07) is 58.2. The molecule has 1 aliphatic rings. The average Bonchev–Trinajstić information content (AvgIpc) is 3.58. The van der Waals surface area contributed by atoms with Gasteiger partial charge in [-0.2, -0.15) is 0 Å². The number of esters is 2. The van der Waals surface area contributed by atoms with Crippen LogP contribution in [0.25, 0.3) is 32.7 Å². The summed E-state index contributed by atoms with van der Waals surface area (Å²) in [4.78, 5) is 23.2. The first-order valence-corrected chi connectivity index (χ1v) is 19.3. The van der Waals surface area contributed by atoms with Gasteiger partial charge in [-0.15, -0.1) is 0 Å². The third-order valence-electron chi connectivity index (χ3n) is 10.8. The monoisotopic (exact) mass is 770 g/mol. The zero-order valence-electron chi connectivity index (χ0n) is 32.1. The van der Waals surface area contributed by atoms with Crippen LogP contribution in [0, 0.1) is 0 Å². The molecule has 0 bridgehead atoms. The minimum absolute atomic E-state index is 0.136. The van der Waals surface area contributed by atoms with E-state index in [-0.39, 0.29) is 13.2 Å². The average molecular weight is 771 g/mol. The molecule has 0 amide bonds. The Morgan fingerprint density at radius 2 is 0.847 bits per heavy atom. The lowest BCUT2D eigenvalue weighted by Gasteiger charge is -2.34. The first kappa shape index (κ1) is 36.9. The Labute approximate surface area is 342 Å². The quantitative estimate of drug-likeness (QED) is 0.0910. The minimum atomic E-state index is -0.592. The molecule has 6 nitrogen and oxygen atoms in total. The van der Waals surface area contributed by atoms with E-state index < -0.39 is 17.4 Å². The lowest BCUT2D eigenvalue weighted by Crippen LogP contribution is -2.28. The zero-order valence-corrected chi connectivity index (χ0v) is 32.1. The molecule has 286 valence electrons. The van der Waals surface area contributed by atoms with Crippen LogP contribution >= 0.6 is 0 Å². The fourth-order valence-corrected chi connectivity index (χ4v) is 8.16. The number of hydrogen-bond donors (Lipinski definition) is 0. The maximum absolute atomic E-state index is 11.6. The maximum atomic E-state index is 11.6. The highest BCUT2D eigenvalue weighted by molar-refractivity contribution is 5.92. The smallest absolute Gasteiger partial charge is 0.330 e. The molecule has 1 aliphatic carbocycles. The van der Waals surface area contributed by atoms with E-state index in [1.54, 1.807) is 0 Å². The standard InChI is InChI=1S/C53H38O6/c1-3-51(54)56-33-35-11-9-13-43(27-35)58-45-25-21-37-29-41(23-19-39(37)31-45)53(49-17-7-5-15-47(49)48-16-6-8-18-50(48)53)42-24-20-40-32-46(26-22-38(40)30-42)59-44-14-10-12-36(28-44)34-57-52(55)4-2/h3-32H,1-2,33-34H2. The summed E-state index contributed by atoms with van der Waals surface area (Å²) in [5.74, 6) is 1.78. The van der Waals surface area contributed by atoms with Gasteiger partial charge < -0.3 is 18.9 Å². The number of rotatable bonds is 12. The van der Waals surface area contributed by atoms with Gasteiger partial charge in [-0.3, -0.25) is 0 Å². The van der Waals surface area contributed by atoms with Crippen molar-refractivity contribution in [2.24, 2.45) is 0 Å². The van der Waals surface area contributed by atoms with E-state index in [0.717, 1.165) is 56.0 Å². The van der Waals surface area contributed by atoms with E-state index in [2.05, 4.69) is 122 Å². The van der Waals surface area contributed by atoms with Crippen LogP contribution in [0.1, 0.15) is 33.4 Å². The van der Waals surface area contributed by atoms with Gasteiger partial charge in [0.1, 0.15) is 36.2 Å². The Balaban J connectivity index is 1.07. The van der Waals surface area contributed by atoms with Gasteiger partial charge >= 0.3 is 11.9 Å². The Bertz CT molecular complexity index is 2740. The van der Waals surface area contributed by atoms with Crippen molar-refractivity contribution >= 4 is 33.5 Å². The molecule has 8 aromatic rings. The van der Waals surface area contributed by atoms with Gasteiger partial charge in [0.05, 0.1) is 5.41 Å². The second-order valence-electron chi connectivity index (χ2n) is 14.4. The zero-order chi connectivity index (χ0) is 40.3. The van der Waals surface area contributed by atoms with Crippen LogP contribution < -0.4 is 9.47 Å². The van der Waals surface area contributed by atoms with Crippen molar-refractivity contribution in [2.45, 2.75) is 18.6 Å². The van der Waals surface area contributed by atoms with Crippen molar-refractivity contribution in [1.82, 2.24) is 0 Å². The van der Waals surface area contributed by atoms with Crippen LogP contribution in [-0.4, -0.2) is 11.9 Å². The third kappa shape index (κ3) is 7.13. The van der Waals surface area contributed by atoms with Gasteiger partial charge in [0.15, 0.2) is 0 Å². The summed E-state index contributed by atoms with van der Waals surface area (Å²) < 4.78 is 23.0. The van der Waals surface area contributed by atoms with Gasteiger partial charge in [0.25, 0.3) is 0 Å². The summed E-state index contributed by atoms with van der Waals surface area (Å²) in [6.07, 6.45) is 2.30. The first-order valence-electron chi connectivity index (χ1n) is 19.3. The molecular weight excluding hydrogens is 733 g/mol. The van der Waals surface area contributed by atoms with E-state index in [0.29, 0.717) is 23.0 Å². The Morgan fingerprint density at radius 1 is 0.441 bits per heavy atom. The number of carbonyl (C=O) groups is 2. The van der Waals surface area contributed by atoms with Crippen molar-refractivity contribution in [2.75, 3.05) is 0 Å². The Kier molecular flexibility index (Phi) is 9.81. The summed E-state index contributed by atoms with van der Waals surface area (Å²) in [5.41, 5.74) is 8.28. The van der Waals surface area contributed by atoms with Crippen LogP contribution in [-0.2, 0) is 37.7 Å². The molecule has 0 aliphatic heterocycles. The van der Waals surface area contributed by atoms with Crippen molar-refractivity contribution < 1.29 is 28.5 Å². The fourth-order valence-electron chi connectivity index (χ4n) is 8.16. The van der Waals surface area contributed by atoms with Crippen molar-refractivity contribution in [1.29, 1.82) is 0 Å². The van der Waals surface area contributed by atoms with Gasteiger partial charge in [-0.25, -0.2) is 9.59 Å². The van der Waals surface area contributed by atoms with Crippen molar-refractivity contribution in [3.8, 4) is 34.1 Å². The minimum Gasteiger partial charge on any atom is -0.458 e. The van der Waals surface area contributed by atoms with E-state index >= 15 is 0 Å². The number of hydrogen-bond acceptors (Lipinski definition) is 6. The molecular formula is C53H38O6. The van der Waals surface area contributed by atoms with Crippen molar-refractivity contribution in [3.05, 3.63) is 229 Å². The lowest BCUT2D eigenvalue weighted by atomic mass is 9.67. The van der Waals surface area contributed by atoms with Gasteiger partial charge in [0.2, 0.25) is 0 Å². The summed E-state index contributed by atoms with van der Waals surface area (Å²) in [7, 11) is 0. The van der Waals surface area contributed by atoms with Crippen LogP contribution in [0.15, 0.2) is 195 Å². The van der Waals surface area contributed by atoms with Gasteiger partial charge in [0, 0.05) is 12.2 Å². The maximum Gasteiger partial charge on any atom is 0.330 e. The number of fused-ring (bicyclic) bond motifs is 5. The van der Waals surface area contributed by atoms with E-state index in [1.807, 2.05) is 60.7 Å². The number of ether oxygens (including phenoxy) is 4. The lowest BCUT2D eigenvalue weighted by molar-refractivity contribution is -0.139. The second-order valence-corrected chi connectivity index (χ2v) is 14.4. The summed E-state index contributed by atoms with van der Waals surface area (Å²) in [5, 5.41) is 4.27. The topological polar surface area (TPSA) is 71.1 Å². The third-order valence-corrected chi connectivity index (χ3v) is 10.8. The van der Waals surface area contributed by atoms with E-state index in [9.17, 15) is 9.59 Å². The molecule has 0 saturated heterocycles. The Hall–Kier alpha value is -7.70. The van der Waals surface area contributed by atoms with E-state index in [4.69, 9.17) is 18.9 Å². The molecule has 9 rings (SSSR count). The number of carbonyl (C=O) groups excluding carboxylic acids is 2. The van der Waals surface area contributed by atoms with Crippen LogP contribution in [0.4, 0.5) is 0 Å². The predicted molar refractivity (Wildman–Crippen MR) is 232 cm³/mol. The normalized spacial score (nSPS) is 12.3. The molecule has 0 heterocycles.